The third-order valence-corrected chi connectivity index (χ3v) is 4.60. The van der Waals surface area contributed by atoms with Gasteiger partial charge in [0, 0.05) is 23.7 Å². The molecule has 0 fully saturated rings. The molecule has 2 nitrogen and oxygen atoms in total. The molecule has 3 rings (SSSR count). The second-order valence-corrected chi connectivity index (χ2v) is 6.01. The van der Waals surface area contributed by atoms with E-state index in [-0.39, 0.29) is 5.82 Å². The average molecular weight is 288 g/mol. The van der Waals surface area contributed by atoms with Crippen LogP contribution in [0.15, 0.2) is 47.4 Å². The fourth-order valence-corrected chi connectivity index (χ4v) is 3.53. The molecule has 0 spiro atoms. The Morgan fingerprint density at radius 1 is 1.15 bits per heavy atom. The molecule has 0 unspecified atom stereocenters. The summed E-state index contributed by atoms with van der Waals surface area (Å²) in [4.78, 5) is 3.02. The summed E-state index contributed by atoms with van der Waals surface area (Å²) in [6.45, 7) is 1.89. The molecule has 0 saturated carbocycles. The van der Waals surface area contributed by atoms with Gasteiger partial charge in [-0.1, -0.05) is 24.3 Å². The van der Waals surface area contributed by atoms with Crippen molar-refractivity contribution >= 4 is 23.1 Å². The summed E-state index contributed by atoms with van der Waals surface area (Å²) in [5, 5.41) is 0. The molecule has 2 aromatic carbocycles. The monoisotopic (exact) mass is 288 g/mol. The molecular weight excluding hydrogens is 271 g/mol. The summed E-state index contributed by atoms with van der Waals surface area (Å²) in [6, 6.07) is 13.0. The summed E-state index contributed by atoms with van der Waals surface area (Å²) >= 11 is 1.56. The first-order chi connectivity index (χ1) is 9.75. The van der Waals surface area contributed by atoms with E-state index in [1.807, 2.05) is 24.3 Å². The molecule has 20 heavy (non-hydrogen) atoms. The van der Waals surface area contributed by atoms with E-state index >= 15 is 0 Å². The highest BCUT2D eigenvalue weighted by atomic mass is 32.2. The number of nitrogen functional groups attached to an aromatic ring is 1. The Kier molecular flexibility index (Phi) is 3.83. The Bertz CT molecular complexity index is 615. The number of thioether (sulfide) groups is 1. The van der Waals surface area contributed by atoms with Gasteiger partial charge in [0.25, 0.3) is 0 Å². The lowest BCUT2D eigenvalue weighted by Gasteiger charge is -2.20. The van der Waals surface area contributed by atoms with E-state index in [4.69, 9.17) is 5.73 Å². The van der Waals surface area contributed by atoms with Gasteiger partial charge in [0.15, 0.2) is 0 Å². The van der Waals surface area contributed by atoms with E-state index in [1.165, 1.54) is 17.3 Å². The summed E-state index contributed by atoms with van der Waals surface area (Å²) in [5.41, 5.74) is 9.39. The molecule has 0 aliphatic carbocycles. The highest BCUT2D eigenvalue weighted by molar-refractivity contribution is 7.99. The highest BCUT2D eigenvalue weighted by Gasteiger charge is 2.20. The standard InChI is InChI=1S/C16H17FN2S/c17-13-5-1-2-7-15(13)20-11-10-19-9-8-12-4-3-6-14(18)16(12)19/h1-7H,8-11,18H2. The smallest absolute Gasteiger partial charge is 0.136 e. The van der Waals surface area contributed by atoms with Crippen LogP contribution in [0.3, 0.4) is 0 Å². The number of hydrogen-bond donors (Lipinski definition) is 1. The van der Waals surface area contributed by atoms with Gasteiger partial charge in [0.1, 0.15) is 5.82 Å². The Labute approximate surface area is 122 Å². The number of nitrogens with zero attached hydrogens (tertiary/aromatic N) is 1. The van der Waals surface area contributed by atoms with Crippen LogP contribution in [-0.2, 0) is 6.42 Å². The predicted molar refractivity (Wildman–Crippen MR) is 83.9 cm³/mol. The number of para-hydroxylation sites is 1. The van der Waals surface area contributed by atoms with Crippen molar-refractivity contribution in [2.45, 2.75) is 11.3 Å². The van der Waals surface area contributed by atoms with E-state index in [0.29, 0.717) is 4.90 Å². The summed E-state index contributed by atoms with van der Waals surface area (Å²) in [6.07, 6.45) is 1.05. The van der Waals surface area contributed by atoms with Crippen LogP contribution in [0.5, 0.6) is 0 Å². The first-order valence-electron chi connectivity index (χ1n) is 6.75. The minimum atomic E-state index is -0.140. The zero-order valence-electron chi connectivity index (χ0n) is 11.2. The van der Waals surface area contributed by atoms with Crippen LogP contribution < -0.4 is 10.6 Å². The minimum absolute atomic E-state index is 0.140. The maximum Gasteiger partial charge on any atom is 0.136 e. The molecule has 0 radical (unpaired) electrons. The van der Waals surface area contributed by atoms with Crippen molar-refractivity contribution in [1.82, 2.24) is 0 Å². The van der Waals surface area contributed by atoms with Gasteiger partial charge >= 0.3 is 0 Å². The summed E-state index contributed by atoms with van der Waals surface area (Å²) < 4.78 is 13.5. The van der Waals surface area contributed by atoms with Crippen LogP contribution >= 0.6 is 11.8 Å². The number of fused-ring (bicyclic) bond motifs is 1. The SMILES string of the molecule is Nc1cccc2c1N(CCSc1ccccc1F)CC2. The van der Waals surface area contributed by atoms with Crippen LogP contribution in [0.1, 0.15) is 5.56 Å². The second-order valence-electron chi connectivity index (χ2n) is 4.87. The van der Waals surface area contributed by atoms with Gasteiger partial charge in [-0.25, -0.2) is 4.39 Å². The van der Waals surface area contributed by atoms with Crippen molar-refractivity contribution in [3.8, 4) is 0 Å². The molecule has 0 amide bonds. The quantitative estimate of drug-likeness (QED) is 0.689. The van der Waals surface area contributed by atoms with Crippen LogP contribution in [0.2, 0.25) is 0 Å². The van der Waals surface area contributed by atoms with Gasteiger partial charge in [-0.2, -0.15) is 0 Å². The van der Waals surface area contributed by atoms with Crippen molar-refractivity contribution in [2.75, 3.05) is 29.5 Å². The zero-order valence-corrected chi connectivity index (χ0v) is 12.0. The number of anilines is 2. The minimum Gasteiger partial charge on any atom is -0.397 e. The predicted octanol–water partition coefficient (Wildman–Crippen LogP) is 3.56. The third-order valence-electron chi connectivity index (χ3n) is 3.57. The number of hydrogen-bond acceptors (Lipinski definition) is 3. The maximum atomic E-state index is 13.5. The molecular formula is C16H17FN2S. The Balaban J connectivity index is 1.63. The molecule has 4 heteroatoms. The highest BCUT2D eigenvalue weighted by Crippen LogP contribution is 2.34. The largest absolute Gasteiger partial charge is 0.397 e. The summed E-state index contributed by atoms with van der Waals surface area (Å²) in [5.74, 6) is 0.716. The molecule has 2 aromatic rings. The number of rotatable bonds is 4. The van der Waals surface area contributed by atoms with Crippen LogP contribution in [0.25, 0.3) is 0 Å². The van der Waals surface area contributed by atoms with Crippen LogP contribution in [0, 0.1) is 5.82 Å². The molecule has 2 N–H and O–H groups in total. The first kappa shape index (κ1) is 13.3. The van der Waals surface area contributed by atoms with E-state index in [2.05, 4.69) is 11.0 Å². The first-order valence-corrected chi connectivity index (χ1v) is 7.74. The second kappa shape index (κ2) is 5.75. The van der Waals surface area contributed by atoms with Gasteiger partial charge in [-0.3, -0.25) is 0 Å². The van der Waals surface area contributed by atoms with Gasteiger partial charge in [0.2, 0.25) is 0 Å². The molecule has 1 heterocycles. The van der Waals surface area contributed by atoms with Gasteiger partial charge in [-0.15, -0.1) is 11.8 Å². The van der Waals surface area contributed by atoms with E-state index in [0.717, 1.165) is 31.0 Å². The van der Waals surface area contributed by atoms with E-state index < -0.39 is 0 Å². The topological polar surface area (TPSA) is 29.3 Å². The van der Waals surface area contributed by atoms with E-state index in [9.17, 15) is 4.39 Å². The van der Waals surface area contributed by atoms with Crippen molar-refractivity contribution in [3.05, 3.63) is 53.8 Å². The molecule has 1 aliphatic heterocycles. The molecule has 104 valence electrons. The molecule has 0 aromatic heterocycles. The number of benzene rings is 2. The van der Waals surface area contributed by atoms with Crippen LogP contribution in [-0.4, -0.2) is 18.8 Å². The van der Waals surface area contributed by atoms with Crippen molar-refractivity contribution in [3.63, 3.8) is 0 Å². The van der Waals surface area contributed by atoms with Gasteiger partial charge in [-0.05, 0) is 30.2 Å². The Morgan fingerprint density at radius 2 is 2.00 bits per heavy atom. The summed E-state index contributed by atoms with van der Waals surface area (Å²) in [7, 11) is 0. The molecule has 0 atom stereocenters. The number of nitrogens with two attached hydrogens (primary N) is 1. The molecule has 0 bridgehead atoms. The zero-order chi connectivity index (χ0) is 13.9. The van der Waals surface area contributed by atoms with Crippen molar-refractivity contribution in [2.24, 2.45) is 0 Å². The third kappa shape index (κ3) is 2.61. The van der Waals surface area contributed by atoms with Crippen LogP contribution in [0.4, 0.5) is 15.8 Å². The molecule has 1 aliphatic rings. The van der Waals surface area contributed by atoms with Gasteiger partial charge in [0.05, 0.1) is 11.4 Å². The number of halogens is 1. The van der Waals surface area contributed by atoms with Crippen molar-refractivity contribution < 1.29 is 4.39 Å². The maximum absolute atomic E-state index is 13.5. The lowest BCUT2D eigenvalue weighted by atomic mass is 10.1. The Hall–Kier alpha value is -1.68. The normalized spacial score (nSPS) is 13.6. The van der Waals surface area contributed by atoms with E-state index in [1.54, 1.807) is 17.8 Å². The lowest BCUT2D eigenvalue weighted by Crippen LogP contribution is -2.24. The molecule has 0 saturated heterocycles. The fourth-order valence-electron chi connectivity index (χ4n) is 2.62. The lowest BCUT2D eigenvalue weighted by molar-refractivity contribution is 0.602. The average Bonchev–Trinajstić information content (AvgIpc) is 2.86. The fraction of sp³-hybridized carbons (Fsp3) is 0.250. The van der Waals surface area contributed by atoms with Gasteiger partial charge < -0.3 is 10.6 Å². The van der Waals surface area contributed by atoms with Crippen molar-refractivity contribution in [1.29, 1.82) is 0 Å². The Morgan fingerprint density at radius 3 is 2.85 bits per heavy atom.